The number of nitrogens with one attached hydrogen (secondary N) is 1. The van der Waals surface area contributed by atoms with Crippen molar-refractivity contribution in [3.05, 3.63) is 56.5 Å². The molecule has 160 valence electrons. The molecule has 0 saturated carbocycles. The molecule has 0 spiro atoms. The lowest BCUT2D eigenvalue weighted by Gasteiger charge is -2.15. The summed E-state index contributed by atoms with van der Waals surface area (Å²) in [5.74, 6) is 1.87. The Labute approximate surface area is 194 Å². The lowest BCUT2D eigenvalue weighted by Crippen LogP contribution is -2.17. The summed E-state index contributed by atoms with van der Waals surface area (Å²) in [4.78, 5) is 0. The fourth-order valence-electron chi connectivity index (χ4n) is 2.59. The number of aryl methyl sites for hydroxylation is 1. The van der Waals surface area contributed by atoms with Gasteiger partial charge in [-0.1, -0.05) is 52.6 Å². The molecule has 3 rings (SSSR count). The number of hydrogen-bond acceptors (Lipinski definition) is 7. The third-order valence-corrected chi connectivity index (χ3v) is 5.98. The monoisotopic (exact) mass is 487 g/mol. The zero-order valence-corrected chi connectivity index (χ0v) is 19.4. The zero-order valence-electron chi connectivity index (χ0n) is 16.4. The summed E-state index contributed by atoms with van der Waals surface area (Å²) < 4.78 is 13.0. The second kappa shape index (κ2) is 11.1. The minimum absolute atomic E-state index is 0.248. The summed E-state index contributed by atoms with van der Waals surface area (Å²) in [7, 11) is 3.39. The quantitative estimate of drug-likeness (QED) is 0.329. The standard InChI is InChI=1S/C19H20Cl3N5O2S/c1-27-19(24-25-26-27)30-6-5-23-10-12-7-16(22)18(17(8-12)28-2)29-11-13-3-4-14(20)9-15(13)21/h3-4,7-9,23H,5-6,10-11H2,1-2H3. The topological polar surface area (TPSA) is 74.1 Å². The Morgan fingerprint density at radius 1 is 1.13 bits per heavy atom. The number of nitrogens with zero attached hydrogens (tertiary/aromatic N) is 4. The number of tetrazole rings is 1. The van der Waals surface area contributed by atoms with Gasteiger partial charge in [0.1, 0.15) is 6.61 Å². The number of rotatable bonds is 10. The minimum atomic E-state index is 0.248. The first-order valence-electron chi connectivity index (χ1n) is 8.97. The molecule has 11 heteroatoms. The Kier molecular flexibility index (Phi) is 8.47. The van der Waals surface area contributed by atoms with Gasteiger partial charge in [-0.2, -0.15) is 0 Å². The normalized spacial score (nSPS) is 11.0. The van der Waals surface area contributed by atoms with Crippen LogP contribution in [0.4, 0.5) is 0 Å². The summed E-state index contributed by atoms with van der Waals surface area (Å²) in [5, 5.41) is 17.1. The van der Waals surface area contributed by atoms with Crippen molar-refractivity contribution in [2.45, 2.75) is 18.3 Å². The van der Waals surface area contributed by atoms with Crippen LogP contribution >= 0.6 is 46.6 Å². The van der Waals surface area contributed by atoms with E-state index in [1.54, 1.807) is 35.7 Å². The lowest BCUT2D eigenvalue weighted by atomic mass is 10.2. The molecule has 1 N–H and O–H groups in total. The number of ether oxygens (including phenoxy) is 2. The molecule has 0 saturated heterocycles. The lowest BCUT2D eigenvalue weighted by molar-refractivity contribution is 0.284. The fourth-order valence-corrected chi connectivity index (χ4v) is 4.09. The first kappa shape index (κ1) is 23.0. The van der Waals surface area contributed by atoms with E-state index in [2.05, 4.69) is 20.8 Å². The number of benzene rings is 2. The second-order valence-corrected chi connectivity index (χ2v) is 8.56. The van der Waals surface area contributed by atoms with Crippen LogP contribution in [0.2, 0.25) is 15.1 Å². The maximum absolute atomic E-state index is 6.45. The van der Waals surface area contributed by atoms with Crippen molar-refractivity contribution in [3.63, 3.8) is 0 Å². The van der Waals surface area contributed by atoms with Gasteiger partial charge >= 0.3 is 0 Å². The van der Waals surface area contributed by atoms with Crippen LogP contribution in [0, 0.1) is 0 Å². The Bertz CT molecular complexity index is 1000. The molecule has 0 aliphatic rings. The minimum Gasteiger partial charge on any atom is -0.493 e. The molecule has 0 bridgehead atoms. The van der Waals surface area contributed by atoms with Gasteiger partial charge in [-0.3, -0.25) is 0 Å². The molecule has 1 aromatic heterocycles. The number of methoxy groups -OCH3 is 1. The van der Waals surface area contributed by atoms with E-state index in [0.717, 1.165) is 28.6 Å². The zero-order chi connectivity index (χ0) is 21.5. The van der Waals surface area contributed by atoms with E-state index in [9.17, 15) is 0 Å². The molecule has 0 atom stereocenters. The molecule has 1 heterocycles. The van der Waals surface area contributed by atoms with Gasteiger partial charge < -0.3 is 14.8 Å². The largest absolute Gasteiger partial charge is 0.493 e. The third-order valence-electron chi connectivity index (χ3n) is 4.10. The average Bonchev–Trinajstić information content (AvgIpc) is 3.12. The molecule has 0 aliphatic carbocycles. The first-order valence-corrected chi connectivity index (χ1v) is 11.1. The van der Waals surface area contributed by atoms with Crippen molar-refractivity contribution < 1.29 is 9.47 Å². The molecule has 0 radical (unpaired) electrons. The van der Waals surface area contributed by atoms with E-state index in [1.807, 2.05) is 25.2 Å². The molecule has 0 aliphatic heterocycles. The predicted molar refractivity (Wildman–Crippen MR) is 120 cm³/mol. The molecule has 0 fully saturated rings. The van der Waals surface area contributed by atoms with Crippen molar-refractivity contribution in [2.75, 3.05) is 19.4 Å². The molecule has 2 aromatic carbocycles. The molecule has 0 amide bonds. The molecule has 30 heavy (non-hydrogen) atoms. The molecule has 3 aromatic rings. The highest BCUT2D eigenvalue weighted by Gasteiger charge is 2.13. The smallest absolute Gasteiger partial charge is 0.209 e. The van der Waals surface area contributed by atoms with Gasteiger partial charge in [0, 0.05) is 41.5 Å². The van der Waals surface area contributed by atoms with E-state index in [1.165, 1.54) is 0 Å². The van der Waals surface area contributed by atoms with Gasteiger partial charge in [0.2, 0.25) is 5.16 Å². The van der Waals surface area contributed by atoms with Crippen molar-refractivity contribution in [1.82, 2.24) is 25.5 Å². The maximum Gasteiger partial charge on any atom is 0.209 e. The van der Waals surface area contributed by atoms with Crippen LogP contribution in [0.3, 0.4) is 0 Å². The van der Waals surface area contributed by atoms with Crippen molar-refractivity contribution in [2.24, 2.45) is 7.05 Å². The van der Waals surface area contributed by atoms with Crippen LogP contribution in [-0.4, -0.2) is 39.6 Å². The van der Waals surface area contributed by atoms with Gasteiger partial charge in [-0.15, -0.1) is 5.10 Å². The molecule has 7 nitrogen and oxygen atoms in total. The third kappa shape index (κ3) is 6.15. The highest BCUT2D eigenvalue weighted by molar-refractivity contribution is 7.99. The van der Waals surface area contributed by atoms with Crippen molar-refractivity contribution >= 4 is 46.6 Å². The van der Waals surface area contributed by atoms with Crippen LogP contribution in [0.5, 0.6) is 11.5 Å². The first-order chi connectivity index (χ1) is 14.5. The second-order valence-electron chi connectivity index (χ2n) is 6.24. The highest BCUT2D eigenvalue weighted by Crippen LogP contribution is 2.37. The van der Waals surface area contributed by atoms with E-state index < -0.39 is 0 Å². The van der Waals surface area contributed by atoms with Gasteiger partial charge in [-0.05, 0) is 40.3 Å². The summed E-state index contributed by atoms with van der Waals surface area (Å²) in [6.45, 7) is 1.67. The van der Waals surface area contributed by atoms with Crippen LogP contribution in [0.15, 0.2) is 35.5 Å². The summed E-state index contributed by atoms with van der Waals surface area (Å²) >= 11 is 20.2. The Balaban J connectivity index is 1.56. The van der Waals surface area contributed by atoms with Crippen LogP contribution in [-0.2, 0) is 20.2 Å². The van der Waals surface area contributed by atoms with Crippen LogP contribution in [0.1, 0.15) is 11.1 Å². The van der Waals surface area contributed by atoms with Crippen LogP contribution in [0.25, 0.3) is 0 Å². The number of halogens is 3. The van der Waals surface area contributed by atoms with E-state index >= 15 is 0 Å². The number of aromatic nitrogens is 4. The molecule has 0 unspecified atom stereocenters. The van der Waals surface area contributed by atoms with Crippen molar-refractivity contribution in [3.8, 4) is 11.5 Å². The number of thioether (sulfide) groups is 1. The Morgan fingerprint density at radius 2 is 1.97 bits per heavy atom. The van der Waals surface area contributed by atoms with Gasteiger partial charge in [0.15, 0.2) is 11.5 Å². The molecular weight excluding hydrogens is 469 g/mol. The molecular formula is C19H20Cl3N5O2S. The van der Waals surface area contributed by atoms with Gasteiger partial charge in [-0.25, -0.2) is 4.68 Å². The Hall–Kier alpha value is -1.71. The van der Waals surface area contributed by atoms with Crippen LogP contribution < -0.4 is 14.8 Å². The predicted octanol–water partition coefficient (Wildman–Crippen LogP) is 4.64. The van der Waals surface area contributed by atoms with Crippen molar-refractivity contribution in [1.29, 1.82) is 0 Å². The summed E-state index contributed by atoms with van der Waals surface area (Å²) in [5.41, 5.74) is 1.79. The summed E-state index contributed by atoms with van der Waals surface area (Å²) in [6.07, 6.45) is 0. The highest BCUT2D eigenvalue weighted by atomic mass is 35.5. The van der Waals surface area contributed by atoms with E-state index in [0.29, 0.717) is 33.1 Å². The number of hydrogen-bond donors (Lipinski definition) is 1. The average molecular weight is 489 g/mol. The Morgan fingerprint density at radius 3 is 2.67 bits per heavy atom. The van der Waals surface area contributed by atoms with E-state index in [-0.39, 0.29) is 6.61 Å². The maximum atomic E-state index is 6.45. The van der Waals surface area contributed by atoms with E-state index in [4.69, 9.17) is 44.3 Å². The fraction of sp³-hybridized carbons (Fsp3) is 0.316. The SMILES string of the molecule is COc1cc(CNCCSc2nnnn2C)cc(Cl)c1OCc1ccc(Cl)cc1Cl. The summed E-state index contributed by atoms with van der Waals surface area (Å²) in [6, 6.07) is 9.01. The van der Waals surface area contributed by atoms with Gasteiger partial charge in [0.25, 0.3) is 0 Å². The van der Waals surface area contributed by atoms with Gasteiger partial charge in [0.05, 0.1) is 12.1 Å².